The monoisotopic (exact) mass is 281 g/mol. The normalized spacial score (nSPS) is 15.5. The number of hydrogen-bond acceptors (Lipinski definition) is 6. The maximum atomic E-state index is 14.0. The van der Waals surface area contributed by atoms with Crippen molar-refractivity contribution in [3.05, 3.63) is 29.9 Å². The summed E-state index contributed by atoms with van der Waals surface area (Å²) in [5.74, 6) is 0.400. The summed E-state index contributed by atoms with van der Waals surface area (Å²) in [7, 11) is 0. The van der Waals surface area contributed by atoms with Crippen LogP contribution in [0.4, 0.5) is 4.39 Å². The Morgan fingerprint density at radius 1 is 1.42 bits per heavy atom. The Labute approximate surface area is 113 Å². The van der Waals surface area contributed by atoms with E-state index in [1.54, 1.807) is 12.1 Å². The number of ether oxygens (including phenoxy) is 1. The van der Waals surface area contributed by atoms with Crippen LogP contribution < -0.4 is 5.73 Å². The van der Waals surface area contributed by atoms with Crippen LogP contribution in [0.3, 0.4) is 0 Å². The van der Waals surface area contributed by atoms with Gasteiger partial charge in [0.05, 0.1) is 25.0 Å². The van der Waals surface area contributed by atoms with Crippen LogP contribution in [-0.4, -0.2) is 28.6 Å². The van der Waals surface area contributed by atoms with Gasteiger partial charge in [-0.15, -0.1) is 11.8 Å². The lowest BCUT2D eigenvalue weighted by Gasteiger charge is -2.25. The summed E-state index contributed by atoms with van der Waals surface area (Å²) in [6.45, 7) is 1.53. The molecule has 0 radical (unpaired) electrons. The molecule has 3 rings (SSSR count). The molecule has 1 aromatic heterocycles. The van der Waals surface area contributed by atoms with Gasteiger partial charge >= 0.3 is 0 Å². The molecule has 1 fully saturated rings. The Morgan fingerprint density at radius 3 is 2.84 bits per heavy atom. The fourth-order valence-corrected chi connectivity index (χ4v) is 2.66. The van der Waals surface area contributed by atoms with Crippen LogP contribution in [0, 0.1) is 5.82 Å². The number of nitrogens with two attached hydrogens (primary N) is 1. The molecule has 2 N–H and O–H groups in total. The van der Waals surface area contributed by atoms with E-state index in [0.717, 1.165) is 0 Å². The topological polar surface area (TPSA) is 74.2 Å². The van der Waals surface area contributed by atoms with Crippen LogP contribution in [0.2, 0.25) is 0 Å². The van der Waals surface area contributed by atoms with Gasteiger partial charge in [0.25, 0.3) is 0 Å². The molecule has 100 valence electrons. The standard InChI is InChI=1S/C12H12FN3O2S/c13-9-3-7(12-15-11(4-14)18-16-12)1-2-10(9)19-8-5-17-6-8/h1-3,8H,4-6,14H2. The summed E-state index contributed by atoms with van der Waals surface area (Å²) < 4.78 is 23.9. The highest BCUT2D eigenvalue weighted by Gasteiger charge is 2.21. The van der Waals surface area contributed by atoms with E-state index in [1.807, 2.05) is 0 Å². The van der Waals surface area contributed by atoms with Gasteiger partial charge in [-0.1, -0.05) is 5.16 Å². The van der Waals surface area contributed by atoms with Crippen molar-refractivity contribution >= 4 is 11.8 Å². The lowest BCUT2D eigenvalue weighted by Crippen LogP contribution is -2.30. The number of halogens is 1. The Hall–Kier alpha value is -1.44. The fourth-order valence-electron chi connectivity index (χ4n) is 1.65. The van der Waals surface area contributed by atoms with E-state index in [0.29, 0.717) is 40.6 Å². The molecule has 1 saturated heterocycles. The fraction of sp³-hybridized carbons (Fsp3) is 0.333. The molecule has 0 amide bonds. The van der Waals surface area contributed by atoms with Crippen LogP contribution in [0.5, 0.6) is 0 Å². The van der Waals surface area contributed by atoms with Gasteiger partial charge < -0.3 is 15.0 Å². The Morgan fingerprint density at radius 2 is 2.26 bits per heavy atom. The summed E-state index contributed by atoms with van der Waals surface area (Å²) in [4.78, 5) is 4.67. The van der Waals surface area contributed by atoms with Crippen molar-refractivity contribution in [3.8, 4) is 11.4 Å². The molecule has 0 aliphatic carbocycles. The van der Waals surface area contributed by atoms with Crippen molar-refractivity contribution < 1.29 is 13.7 Å². The molecule has 1 aliphatic rings. The molecule has 1 aromatic carbocycles. The van der Waals surface area contributed by atoms with Gasteiger partial charge in [-0.2, -0.15) is 4.98 Å². The predicted octanol–water partition coefficient (Wildman–Crippen LogP) is 1.83. The first-order valence-electron chi connectivity index (χ1n) is 5.83. The molecule has 5 nitrogen and oxygen atoms in total. The second kappa shape index (κ2) is 5.28. The van der Waals surface area contributed by atoms with Gasteiger partial charge in [-0.25, -0.2) is 4.39 Å². The van der Waals surface area contributed by atoms with Crippen LogP contribution in [0.15, 0.2) is 27.6 Å². The largest absolute Gasteiger partial charge is 0.379 e. The van der Waals surface area contributed by atoms with E-state index in [9.17, 15) is 4.39 Å². The first-order chi connectivity index (χ1) is 9.26. The summed E-state index contributed by atoms with van der Waals surface area (Å²) in [5.41, 5.74) is 5.97. The van der Waals surface area contributed by atoms with Gasteiger partial charge in [-0.3, -0.25) is 0 Å². The van der Waals surface area contributed by atoms with Crippen molar-refractivity contribution in [1.82, 2.24) is 10.1 Å². The Bertz CT molecular complexity index is 586. The number of benzene rings is 1. The third-order valence-electron chi connectivity index (χ3n) is 2.73. The molecule has 2 aromatic rings. The van der Waals surface area contributed by atoms with E-state index in [2.05, 4.69) is 10.1 Å². The molecule has 1 aliphatic heterocycles. The van der Waals surface area contributed by atoms with Crippen LogP contribution in [-0.2, 0) is 11.3 Å². The minimum absolute atomic E-state index is 0.172. The van der Waals surface area contributed by atoms with Crippen molar-refractivity contribution in [2.24, 2.45) is 5.73 Å². The third kappa shape index (κ3) is 2.63. The predicted molar refractivity (Wildman–Crippen MR) is 68.0 cm³/mol. The smallest absolute Gasteiger partial charge is 0.240 e. The van der Waals surface area contributed by atoms with Crippen molar-refractivity contribution in [1.29, 1.82) is 0 Å². The summed E-state index contributed by atoms with van der Waals surface area (Å²) in [5, 5.41) is 4.10. The molecule has 2 heterocycles. The zero-order valence-corrected chi connectivity index (χ0v) is 10.8. The quantitative estimate of drug-likeness (QED) is 0.921. The lowest BCUT2D eigenvalue weighted by atomic mass is 10.2. The number of hydrogen-bond donors (Lipinski definition) is 1. The molecule has 19 heavy (non-hydrogen) atoms. The molecule has 0 spiro atoms. The second-order valence-corrected chi connectivity index (χ2v) is 5.48. The van der Waals surface area contributed by atoms with Crippen LogP contribution in [0.1, 0.15) is 5.89 Å². The molecule has 7 heteroatoms. The van der Waals surface area contributed by atoms with E-state index >= 15 is 0 Å². The maximum absolute atomic E-state index is 14.0. The van der Waals surface area contributed by atoms with Crippen LogP contribution in [0.25, 0.3) is 11.4 Å². The minimum Gasteiger partial charge on any atom is -0.379 e. The Kier molecular flexibility index (Phi) is 3.50. The zero-order valence-electron chi connectivity index (χ0n) is 10.0. The molecule has 0 unspecified atom stereocenters. The van der Waals surface area contributed by atoms with E-state index < -0.39 is 0 Å². The third-order valence-corrected chi connectivity index (χ3v) is 3.92. The van der Waals surface area contributed by atoms with Gasteiger partial charge in [0.2, 0.25) is 11.7 Å². The van der Waals surface area contributed by atoms with E-state index in [1.165, 1.54) is 17.8 Å². The second-order valence-electron chi connectivity index (χ2n) is 4.14. The SMILES string of the molecule is NCc1nc(-c2ccc(SC3COC3)c(F)c2)no1. The number of thioether (sulfide) groups is 1. The van der Waals surface area contributed by atoms with E-state index in [4.69, 9.17) is 15.0 Å². The average Bonchev–Trinajstić information content (AvgIpc) is 2.84. The highest BCUT2D eigenvalue weighted by molar-refractivity contribution is 8.00. The summed E-state index contributed by atoms with van der Waals surface area (Å²) >= 11 is 1.49. The minimum atomic E-state index is -0.284. The van der Waals surface area contributed by atoms with Crippen molar-refractivity contribution in [2.75, 3.05) is 13.2 Å². The highest BCUT2D eigenvalue weighted by atomic mass is 32.2. The van der Waals surface area contributed by atoms with Crippen LogP contribution >= 0.6 is 11.8 Å². The lowest BCUT2D eigenvalue weighted by molar-refractivity contribution is 0.0455. The van der Waals surface area contributed by atoms with E-state index in [-0.39, 0.29) is 12.4 Å². The molecular formula is C12H12FN3O2S. The molecule has 0 atom stereocenters. The molecule has 0 saturated carbocycles. The average molecular weight is 281 g/mol. The first-order valence-corrected chi connectivity index (χ1v) is 6.71. The Balaban J connectivity index is 1.81. The zero-order chi connectivity index (χ0) is 13.2. The van der Waals surface area contributed by atoms with Crippen molar-refractivity contribution in [3.63, 3.8) is 0 Å². The first kappa shape index (κ1) is 12.6. The van der Waals surface area contributed by atoms with Crippen molar-refractivity contribution in [2.45, 2.75) is 16.7 Å². The summed E-state index contributed by atoms with van der Waals surface area (Å²) in [6.07, 6.45) is 0. The van der Waals surface area contributed by atoms with Gasteiger partial charge in [0.15, 0.2) is 0 Å². The maximum Gasteiger partial charge on any atom is 0.240 e. The number of rotatable bonds is 4. The van der Waals surface area contributed by atoms with Gasteiger partial charge in [0.1, 0.15) is 5.82 Å². The summed E-state index contributed by atoms with van der Waals surface area (Å²) in [6, 6.07) is 4.91. The van der Waals surface area contributed by atoms with Gasteiger partial charge in [0, 0.05) is 10.5 Å². The molecular weight excluding hydrogens is 269 g/mol. The molecule has 0 bridgehead atoms. The van der Waals surface area contributed by atoms with Gasteiger partial charge in [-0.05, 0) is 18.2 Å². The highest BCUT2D eigenvalue weighted by Crippen LogP contribution is 2.31. The number of nitrogens with zero attached hydrogens (tertiary/aromatic N) is 2. The number of aromatic nitrogens is 2.